The first-order chi connectivity index (χ1) is 16.7. The van der Waals surface area contributed by atoms with Gasteiger partial charge in [-0.05, 0) is 55.8 Å². The molecule has 0 aliphatic carbocycles. The number of aliphatic hydroxyl groups excluding tert-OH is 1. The second kappa shape index (κ2) is 10.3. The summed E-state index contributed by atoms with van der Waals surface area (Å²) in [6, 6.07) is 14.2. The van der Waals surface area contributed by atoms with Crippen molar-refractivity contribution in [2.75, 3.05) is 40.3 Å². The van der Waals surface area contributed by atoms with Crippen molar-refractivity contribution in [2.45, 2.75) is 30.2 Å². The lowest BCUT2D eigenvalue weighted by atomic mass is 9.95. The Bertz CT molecular complexity index is 1220. The van der Waals surface area contributed by atoms with Crippen LogP contribution in [0.2, 0.25) is 0 Å². The fraction of sp³-hybridized carbons (Fsp3) is 0.385. The zero-order chi connectivity index (χ0) is 25.2. The molecular weight excluding hydrogens is 466 g/mol. The largest absolute Gasteiger partial charge is 0.507 e. The highest BCUT2D eigenvalue weighted by Crippen LogP contribution is 2.39. The van der Waals surface area contributed by atoms with E-state index >= 15 is 0 Å². The SMILES string of the molecule is CN(C)S(=O)(=O)c1ccc(/C(O)=C2\C(=O)C(=O)N(CCN3CCCCC3)C2c2ccccc2)cc1. The Labute approximate surface area is 206 Å². The molecule has 1 atom stereocenters. The molecule has 2 heterocycles. The number of carbonyl (C=O) groups is 2. The van der Waals surface area contributed by atoms with Gasteiger partial charge in [-0.2, -0.15) is 0 Å². The average molecular weight is 498 g/mol. The molecule has 0 saturated carbocycles. The van der Waals surface area contributed by atoms with E-state index in [0.717, 1.165) is 35.8 Å². The molecule has 9 heteroatoms. The summed E-state index contributed by atoms with van der Waals surface area (Å²) in [5.74, 6) is -1.68. The molecule has 1 unspecified atom stereocenters. The van der Waals surface area contributed by atoms with Gasteiger partial charge < -0.3 is 14.9 Å². The van der Waals surface area contributed by atoms with E-state index < -0.39 is 27.8 Å². The Hall–Kier alpha value is -3.01. The molecule has 8 nitrogen and oxygen atoms in total. The number of hydrogen-bond acceptors (Lipinski definition) is 6. The van der Waals surface area contributed by atoms with Gasteiger partial charge in [0.1, 0.15) is 5.76 Å². The van der Waals surface area contributed by atoms with Gasteiger partial charge in [-0.15, -0.1) is 0 Å². The molecule has 186 valence electrons. The highest BCUT2D eigenvalue weighted by Gasteiger charge is 2.46. The van der Waals surface area contributed by atoms with Gasteiger partial charge >= 0.3 is 0 Å². The van der Waals surface area contributed by atoms with Gasteiger partial charge in [-0.1, -0.05) is 36.8 Å². The molecule has 0 aromatic heterocycles. The summed E-state index contributed by atoms with van der Waals surface area (Å²) in [5, 5.41) is 11.2. The maximum Gasteiger partial charge on any atom is 0.295 e. The van der Waals surface area contributed by atoms with Crippen molar-refractivity contribution in [1.29, 1.82) is 0 Å². The van der Waals surface area contributed by atoms with E-state index in [4.69, 9.17) is 0 Å². The van der Waals surface area contributed by atoms with Crippen LogP contribution in [-0.2, 0) is 19.6 Å². The molecule has 0 radical (unpaired) electrons. The van der Waals surface area contributed by atoms with Crippen molar-refractivity contribution in [3.8, 4) is 0 Å². The molecule has 1 amide bonds. The second-order valence-electron chi connectivity index (χ2n) is 9.12. The molecule has 2 fully saturated rings. The first-order valence-corrected chi connectivity index (χ1v) is 13.2. The Morgan fingerprint density at radius 1 is 0.943 bits per heavy atom. The molecular formula is C26H31N3O5S. The van der Waals surface area contributed by atoms with Crippen molar-refractivity contribution in [3.63, 3.8) is 0 Å². The van der Waals surface area contributed by atoms with Crippen LogP contribution in [0.4, 0.5) is 0 Å². The summed E-state index contributed by atoms with van der Waals surface area (Å²) in [7, 11) is -0.759. The number of nitrogens with zero attached hydrogens (tertiary/aromatic N) is 3. The molecule has 2 saturated heterocycles. The Balaban J connectivity index is 1.71. The predicted molar refractivity (Wildman–Crippen MR) is 133 cm³/mol. The minimum atomic E-state index is -3.64. The summed E-state index contributed by atoms with van der Waals surface area (Å²) in [6.07, 6.45) is 3.46. The van der Waals surface area contributed by atoms with Crippen LogP contribution in [0.3, 0.4) is 0 Å². The van der Waals surface area contributed by atoms with Crippen LogP contribution < -0.4 is 0 Å². The van der Waals surface area contributed by atoms with Gasteiger partial charge in [0.05, 0.1) is 16.5 Å². The molecule has 0 spiro atoms. The second-order valence-corrected chi connectivity index (χ2v) is 11.3. The number of likely N-dealkylation sites (tertiary alicyclic amines) is 2. The minimum Gasteiger partial charge on any atom is -0.507 e. The molecule has 0 bridgehead atoms. The standard InChI is InChI=1S/C26H31N3O5S/c1-27(2)35(33,34)21-13-11-20(12-14-21)24(30)22-23(19-9-5-3-6-10-19)29(26(32)25(22)31)18-17-28-15-7-4-8-16-28/h3,5-6,9-14,23,30H,4,7-8,15-18H2,1-2H3/b24-22+. The molecule has 2 aliphatic heterocycles. The van der Waals surface area contributed by atoms with Crippen LogP contribution in [0.15, 0.2) is 65.1 Å². The van der Waals surface area contributed by atoms with Crippen molar-refractivity contribution >= 4 is 27.5 Å². The normalized spacial score (nSPS) is 21.1. The van der Waals surface area contributed by atoms with Crippen LogP contribution in [0.1, 0.15) is 36.4 Å². The fourth-order valence-electron chi connectivity index (χ4n) is 4.68. The van der Waals surface area contributed by atoms with Crippen molar-refractivity contribution in [2.24, 2.45) is 0 Å². The maximum absolute atomic E-state index is 13.2. The lowest BCUT2D eigenvalue weighted by molar-refractivity contribution is -0.140. The lowest BCUT2D eigenvalue weighted by Crippen LogP contribution is -2.39. The van der Waals surface area contributed by atoms with E-state index in [1.54, 1.807) is 4.90 Å². The fourth-order valence-corrected chi connectivity index (χ4v) is 5.58. The van der Waals surface area contributed by atoms with Gasteiger partial charge in [0, 0.05) is 32.7 Å². The number of piperidine rings is 1. The number of Topliss-reactive ketones (excluding diaryl/α,β-unsaturated/α-hetero) is 1. The number of aliphatic hydroxyl groups is 1. The highest BCUT2D eigenvalue weighted by molar-refractivity contribution is 7.89. The minimum absolute atomic E-state index is 0.0167. The van der Waals surface area contributed by atoms with E-state index in [0.29, 0.717) is 13.1 Å². The molecule has 2 aromatic rings. The maximum atomic E-state index is 13.2. The van der Waals surface area contributed by atoms with Gasteiger partial charge in [-0.3, -0.25) is 9.59 Å². The highest BCUT2D eigenvalue weighted by atomic mass is 32.2. The van der Waals surface area contributed by atoms with Crippen LogP contribution in [-0.4, -0.2) is 79.6 Å². The molecule has 2 aliphatic rings. The van der Waals surface area contributed by atoms with Gasteiger partial charge in [0.2, 0.25) is 10.0 Å². The first kappa shape index (κ1) is 25.1. The summed E-state index contributed by atoms with van der Waals surface area (Å²) < 4.78 is 25.9. The summed E-state index contributed by atoms with van der Waals surface area (Å²) in [5.41, 5.74) is 1.03. The van der Waals surface area contributed by atoms with Gasteiger partial charge in [0.15, 0.2) is 0 Å². The molecule has 4 rings (SSSR count). The third-order valence-corrected chi connectivity index (χ3v) is 8.50. The predicted octanol–water partition coefficient (Wildman–Crippen LogP) is 2.84. The van der Waals surface area contributed by atoms with Crippen molar-refractivity contribution in [1.82, 2.24) is 14.1 Å². The van der Waals surface area contributed by atoms with E-state index in [-0.39, 0.29) is 21.8 Å². The van der Waals surface area contributed by atoms with Crippen molar-refractivity contribution < 1.29 is 23.1 Å². The third-order valence-electron chi connectivity index (χ3n) is 6.67. The van der Waals surface area contributed by atoms with E-state index in [2.05, 4.69) is 4.90 Å². The van der Waals surface area contributed by atoms with Crippen LogP contribution in [0.25, 0.3) is 5.76 Å². The van der Waals surface area contributed by atoms with Crippen LogP contribution in [0.5, 0.6) is 0 Å². The number of ketones is 1. The Morgan fingerprint density at radius 2 is 1.57 bits per heavy atom. The number of sulfonamides is 1. The zero-order valence-corrected chi connectivity index (χ0v) is 20.9. The number of hydrogen-bond donors (Lipinski definition) is 1. The number of rotatable bonds is 7. The molecule has 1 N–H and O–H groups in total. The molecule has 35 heavy (non-hydrogen) atoms. The van der Waals surface area contributed by atoms with Crippen LogP contribution >= 0.6 is 0 Å². The van der Waals surface area contributed by atoms with Gasteiger partial charge in [0.25, 0.3) is 11.7 Å². The number of carbonyl (C=O) groups excluding carboxylic acids is 2. The Kier molecular flexibility index (Phi) is 7.39. The smallest absolute Gasteiger partial charge is 0.295 e. The van der Waals surface area contributed by atoms with E-state index in [1.807, 2.05) is 30.3 Å². The average Bonchev–Trinajstić information content (AvgIpc) is 3.13. The number of benzene rings is 2. The van der Waals surface area contributed by atoms with Crippen molar-refractivity contribution in [3.05, 3.63) is 71.3 Å². The quantitative estimate of drug-likeness (QED) is 0.359. The zero-order valence-electron chi connectivity index (χ0n) is 20.1. The summed E-state index contributed by atoms with van der Waals surface area (Å²) >= 11 is 0. The van der Waals surface area contributed by atoms with Crippen LogP contribution in [0, 0.1) is 0 Å². The summed E-state index contributed by atoms with van der Waals surface area (Å²) in [4.78, 5) is 30.2. The van der Waals surface area contributed by atoms with E-state index in [1.165, 1.54) is 44.8 Å². The summed E-state index contributed by atoms with van der Waals surface area (Å²) in [6.45, 7) is 2.98. The lowest BCUT2D eigenvalue weighted by Gasteiger charge is -2.31. The molecule has 2 aromatic carbocycles. The van der Waals surface area contributed by atoms with Gasteiger partial charge in [-0.25, -0.2) is 12.7 Å². The van der Waals surface area contributed by atoms with E-state index in [9.17, 15) is 23.1 Å². The number of amides is 1. The Morgan fingerprint density at radius 3 is 2.17 bits per heavy atom. The third kappa shape index (κ3) is 5.03. The monoisotopic (exact) mass is 497 g/mol. The first-order valence-electron chi connectivity index (χ1n) is 11.8. The topological polar surface area (TPSA) is 98.2 Å².